The average molecular weight is 275 g/mol. The lowest BCUT2D eigenvalue weighted by atomic mass is 10.2. The molecule has 0 bridgehead atoms. The van der Waals surface area contributed by atoms with Gasteiger partial charge in [-0.2, -0.15) is 0 Å². The Labute approximate surface area is 117 Å². The summed E-state index contributed by atoms with van der Waals surface area (Å²) in [5, 5.41) is 0.522. The second kappa shape index (κ2) is 5.13. The van der Waals surface area contributed by atoms with E-state index in [4.69, 9.17) is 11.6 Å². The minimum absolute atomic E-state index is 0.506. The molecule has 1 fully saturated rings. The molecular formula is C14H15ClN4. The van der Waals surface area contributed by atoms with Crippen LogP contribution in [0.1, 0.15) is 30.1 Å². The van der Waals surface area contributed by atoms with Gasteiger partial charge in [0.25, 0.3) is 0 Å². The van der Waals surface area contributed by atoms with Crippen molar-refractivity contribution in [3.8, 4) is 0 Å². The molecule has 1 saturated carbocycles. The molecule has 0 radical (unpaired) electrons. The van der Waals surface area contributed by atoms with Crippen LogP contribution in [0.3, 0.4) is 0 Å². The number of pyridine rings is 1. The predicted molar refractivity (Wildman–Crippen MR) is 75.4 cm³/mol. The first-order valence-corrected chi connectivity index (χ1v) is 6.74. The Kier molecular flexibility index (Phi) is 3.34. The quantitative estimate of drug-likeness (QED) is 0.804. The molecule has 0 aliphatic heterocycles. The van der Waals surface area contributed by atoms with Gasteiger partial charge in [0.2, 0.25) is 0 Å². The van der Waals surface area contributed by atoms with E-state index in [1.165, 1.54) is 18.4 Å². The highest BCUT2D eigenvalue weighted by molar-refractivity contribution is 6.29. The monoisotopic (exact) mass is 274 g/mol. The minimum atomic E-state index is 0.506. The van der Waals surface area contributed by atoms with Crippen LogP contribution in [0.25, 0.3) is 0 Å². The Hall–Kier alpha value is -1.68. The summed E-state index contributed by atoms with van der Waals surface area (Å²) in [6.07, 6.45) is 5.94. The van der Waals surface area contributed by atoms with Crippen molar-refractivity contribution in [3.05, 3.63) is 47.1 Å². The second-order valence-electron chi connectivity index (χ2n) is 4.89. The fourth-order valence-corrected chi connectivity index (χ4v) is 2.17. The summed E-state index contributed by atoms with van der Waals surface area (Å²) in [5.41, 5.74) is 1.19. The molecule has 4 nitrogen and oxygen atoms in total. The van der Waals surface area contributed by atoms with Crippen molar-refractivity contribution in [3.63, 3.8) is 0 Å². The maximum atomic E-state index is 6.08. The highest BCUT2D eigenvalue weighted by Gasteiger charge is 2.27. The number of hydrogen-bond donors (Lipinski definition) is 0. The van der Waals surface area contributed by atoms with E-state index in [-0.39, 0.29) is 0 Å². The van der Waals surface area contributed by atoms with Crippen molar-refractivity contribution < 1.29 is 0 Å². The average Bonchev–Trinajstić information content (AvgIpc) is 3.23. The zero-order valence-corrected chi connectivity index (χ0v) is 11.5. The molecule has 0 amide bonds. The maximum Gasteiger partial charge on any atom is 0.135 e. The smallest absolute Gasteiger partial charge is 0.135 e. The number of aromatic nitrogens is 3. The Morgan fingerprint density at radius 1 is 1.26 bits per heavy atom. The van der Waals surface area contributed by atoms with E-state index in [0.29, 0.717) is 11.1 Å². The Balaban J connectivity index is 1.81. The first kappa shape index (κ1) is 12.4. The molecule has 0 saturated heterocycles. The lowest BCUT2D eigenvalue weighted by Gasteiger charge is -2.18. The van der Waals surface area contributed by atoms with Gasteiger partial charge in [-0.15, -0.1) is 0 Å². The molecule has 2 aromatic heterocycles. The van der Waals surface area contributed by atoms with E-state index < -0.39 is 0 Å². The number of hydrogen-bond acceptors (Lipinski definition) is 4. The van der Waals surface area contributed by atoms with E-state index in [1.807, 2.05) is 25.2 Å². The molecule has 19 heavy (non-hydrogen) atoms. The van der Waals surface area contributed by atoms with E-state index >= 15 is 0 Å². The Morgan fingerprint density at radius 3 is 2.68 bits per heavy atom. The minimum Gasteiger partial charge on any atom is -0.355 e. The molecule has 0 atom stereocenters. The molecule has 98 valence electrons. The van der Waals surface area contributed by atoms with Gasteiger partial charge in [0.15, 0.2) is 0 Å². The molecule has 3 rings (SSSR count). The summed E-state index contributed by atoms with van der Waals surface area (Å²) < 4.78 is 0. The van der Waals surface area contributed by atoms with E-state index in [9.17, 15) is 0 Å². The fourth-order valence-electron chi connectivity index (χ4n) is 1.99. The summed E-state index contributed by atoms with van der Waals surface area (Å²) in [5.74, 6) is 2.26. The molecule has 1 aliphatic rings. The summed E-state index contributed by atoms with van der Waals surface area (Å²) in [6, 6.07) is 5.82. The van der Waals surface area contributed by atoms with Gasteiger partial charge >= 0.3 is 0 Å². The normalized spacial score (nSPS) is 14.4. The van der Waals surface area contributed by atoms with Crippen molar-refractivity contribution in [2.45, 2.75) is 25.3 Å². The zero-order valence-electron chi connectivity index (χ0n) is 10.8. The summed E-state index contributed by atoms with van der Waals surface area (Å²) >= 11 is 6.08. The first-order valence-electron chi connectivity index (χ1n) is 6.37. The summed E-state index contributed by atoms with van der Waals surface area (Å²) in [6.45, 7) is 0.778. The molecule has 0 N–H and O–H groups in total. The van der Waals surface area contributed by atoms with Crippen LogP contribution >= 0.6 is 11.6 Å². The van der Waals surface area contributed by atoms with E-state index in [1.54, 1.807) is 12.4 Å². The predicted octanol–water partition coefficient (Wildman–Crippen LogP) is 3.04. The van der Waals surface area contributed by atoms with E-state index in [2.05, 4.69) is 19.9 Å². The van der Waals surface area contributed by atoms with Crippen molar-refractivity contribution in [2.24, 2.45) is 0 Å². The van der Waals surface area contributed by atoms with Gasteiger partial charge in [0.1, 0.15) is 16.8 Å². The molecule has 0 aromatic carbocycles. The lowest BCUT2D eigenvalue weighted by molar-refractivity contribution is 0.853. The number of anilines is 1. The van der Waals surface area contributed by atoms with Crippen LogP contribution in [0.15, 0.2) is 30.6 Å². The molecule has 2 aromatic rings. The second-order valence-corrected chi connectivity index (χ2v) is 5.28. The summed E-state index contributed by atoms with van der Waals surface area (Å²) in [4.78, 5) is 15.0. The first-order chi connectivity index (χ1) is 9.22. The molecule has 0 spiro atoms. The van der Waals surface area contributed by atoms with Gasteiger partial charge in [-0.25, -0.2) is 9.97 Å². The van der Waals surface area contributed by atoms with Crippen molar-refractivity contribution in [1.82, 2.24) is 15.0 Å². The van der Waals surface area contributed by atoms with Gasteiger partial charge in [0.05, 0.1) is 0 Å². The van der Waals surface area contributed by atoms with Crippen LogP contribution in [0, 0.1) is 0 Å². The standard InChI is InChI=1S/C14H15ClN4/c1-19(9-10-4-6-16-7-5-10)13-8-12(15)17-14(18-13)11-2-3-11/h4-8,11H,2-3,9H2,1H3. The van der Waals surface area contributed by atoms with Crippen LogP contribution in [0.4, 0.5) is 5.82 Å². The van der Waals surface area contributed by atoms with Crippen LogP contribution < -0.4 is 4.90 Å². The summed E-state index contributed by atoms with van der Waals surface area (Å²) in [7, 11) is 2.01. The molecule has 1 aliphatic carbocycles. The van der Waals surface area contributed by atoms with Gasteiger partial charge in [-0.3, -0.25) is 4.98 Å². The topological polar surface area (TPSA) is 41.9 Å². The van der Waals surface area contributed by atoms with Crippen molar-refractivity contribution in [1.29, 1.82) is 0 Å². The molecule has 2 heterocycles. The van der Waals surface area contributed by atoms with Gasteiger partial charge in [0, 0.05) is 38.0 Å². The highest BCUT2D eigenvalue weighted by Crippen LogP contribution is 2.39. The van der Waals surface area contributed by atoms with Crippen LogP contribution in [-0.4, -0.2) is 22.0 Å². The van der Waals surface area contributed by atoms with Gasteiger partial charge < -0.3 is 4.90 Å². The van der Waals surface area contributed by atoms with Crippen LogP contribution in [0.2, 0.25) is 5.15 Å². The third kappa shape index (κ3) is 3.01. The van der Waals surface area contributed by atoms with Crippen LogP contribution in [-0.2, 0) is 6.54 Å². The maximum absolute atomic E-state index is 6.08. The number of halogens is 1. The Morgan fingerprint density at radius 2 is 2.00 bits per heavy atom. The lowest BCUT2D eigenvalue weighted by Crippen LogP contribution is -2.18. The van der Waals surface area contributed by atoms with Gasteiger partial charge in [-0.05, 0) is 30.5 Å². The largest absolute Gasteiger partial charge is 0.355 e. The van der Waals surface area contributed by atoms with Gasteiger partial charge in [-0.1, -0.05) is 11.6 Å². The SMILES string of the molecule is CN(Cc1ccncc1)c1cc(Cl)nc(C2CC2)n1. The van der Waals surface area contributed by atoms with Crippen molar-refractivity contribution >= 4 is 17.4 Å². The molecule has 0 unspecified atom stereocenters. The van der Waals surface area contributed by atoms with Crippen LogP contribution in [0.5, 0.6) is 0 Å². The number of nitrogens with zero attached hydrogens (tertiary/aromatic N) is 4. The van der Waals surface area contributed by atoms with E-state index in [0.717, 1.165) is 18.2 Å². The third-order valence-electron chi connectivity index (χ3n) is 3.20. The fraction of sp³-hybridized carbons (Fsp3) is 0.357. The molecular weight excluding hydrogens is 260 g/mol. The van der Waals surface area contributed by atoms with Crippen molar-refractivity contribution in [2.75, 3.05) is 11.9 Å². The highest BCUT2D eigenvalue weighted by atomic mass is 35.5. The number of rotatable bonds is 4. The Bertz CT molecular complexity index is 569. The third-order valence-corrected chi connectivity index (χ3v) is 3.39. The zero-order chi connectivity index (χ0) is 13.2. The molecule has 5 heteroatoms.